The van der Waals surface area contributed by atoms with E-state index in [1.54, 1.807) is 11.7 Å². The second kappa shape index (κ2) is 4.42. The topological polar surface area (TPSA) is 22.1 Å². The first-order chi connectivity index (χ1) is 6.75. The fourth-order valence-corrected chi connectivity index (χ4v) is 2.53. The van der Waals surface area contributed by atoms with E-state index in [1.807, 2.05) is 18.2 Å². The van der Waals surface area contributed by atoms with Gasteiger partial charge in [0.1, 0.15) is 5.75 Å². The molecule has 2 rings (SSSR count). The molecule has 0 radical (unpaired) electrons. The molecule has 0 unspecified atom stereocenters. The highest BCUT2D eigenvalue weighted by Crippen LogP contribution is 2.33. The molecule has 0 aliphatic rings. The Morgan fingerprint density at radius 2 is 2.14 bits per heavy atom. The maximum absolute atomic E-state index is 5.59. The summed E-state index contributed by atoms with van der Waals surface area (Å²) in [6.07, 6.45) is 1.69. The summed E-state index contributed by atoms with van der Waals surface area (Å²) in [7, 11) is 0. The van der Waals surface area contributed by atoms with Gasteiger partial charge in [-0.15, -0.1) is 0 Å². The van der Waals surface area contributed by atoms with E-state index < -0.39 is 0 Å². The molecule has 0 saturated carbocycles. The minimum atomic E-state index is 0.785. The monoisotopic (exact) mass is 333 g/mol. The van der Waals surface area contributed by atoms with Gasteiger partial charge in [-0.05, 0) is 34.1 Å². The number of nitrogens with zero attached hydrogens (tertiary/aromatic N) is 1. The van der Waals surface area contributed by atoms with E-state index in [0.717, 1.165) is 19.8 Å². The largest absolute Gasteiger partial charge is 0.444 e. The van der Waals surface area contributed by atoms with Crippen LogP contribution in [-0.4, -0.2) is 4.98 Å². The van der Waals surface area contributed by atoms with Crippen molar-refractivity contribution in [3.63, 3.8) is 0 Å². The van der Waals surface area contributed by atoms with Crippen LogP contribution in [0.5, 0.6) is 10.8 Å². The van der Waals surface area contributed by atoms with E-state index in [4.69, 9.17) is 4.74 Å². The number of rotatable bonds is 2. The van der Waals surface area contributed by atoms with Gasteiger partial charge >= 0.3 is 0 Å². The lowest BCUT2D eigenvalue weighted by Gasteiger charge is -2.04. The van der Waals surface area contributed by atoms with Crippen LogP contribution in [0.3, 0.4) is 0 Å². The van der Waals surface area contributed by atoms with Crippen molar-refractivity contribution in [2.75, 3.05) is 0 Å². The van der Waals surface area contributed by atoms with Gasteiger partial charge in [0.2, 0.25) is 5.06 Å². The summed E-state index contributed by atoms with van der Waals surface area (Å²) in [4.78, 5) is 3.93. The summed E-state index contributed by atoms with van der Waals surface area (Å²) in [5.41, 5.74) is 1.74. The SMILES string of the molecule is Brc1ccc(Oc2cncs2)c(Br)c1. The van der Waals surface area contributed by atoms with Crippen LogP contribution in [-0.2, 0) is 0 Å². The Morgan fingerprint density at radius 1 is 1.29 bits per heavy atom. The van der Waals surface area contributed by atoms with E-state index in [2.05, 4.69) is 36.8 Å². The van der Waals surface area contributed by atoms with E-state index >= 15 is 0 Å². The lowest BCUT2D eigenvalue weighted by Crippen LogP contribution is -1.82. The molecule has 0 aliphatic carbocycles. The van der Waals surface area contributed by atoms with Gasteiger partial charge in [-0.2, -0.15) is 0 Å². The molecule has 0 amide bonds. The van der Waals surface area contributed by atoms with Crippen LogP contribution in [0.1, 0.15) is 0 Å². The maximum Gasteiger partial charge on any atom is 0.200 e. The molecule has 1 aromatic carbocycles. The molecule has 5 heteroatoms. The molecule has 2 nitrogen and oxygen atoms in total. The van der Waals surface area contributed by atoms with Crippen molar-refractivity contribution in [3.05, 3.63) is 38.9 Å². The van der Waals surface area contributed by atoms with Gasteiger partial charge in [-0.25, -0.2) is 4.98 Å². The number of aromatic nitrogens is 1. The molecule has 72 valence electrons. The van der Waals surface area contributed by atoms with Crippen molar-refractivity contribution in [1.82, 2.24) is 4.98 Å². The Hall–Kier alpha value is -0.390. The molecule has 0 bridgehead atoms. The molecule has 1 heterocycles. The van der Waals surface area contributed by atoms with Crippen LogP contribution < -0.4 is 4.74 Å². The first-order valence-corrected chi connectivity index (χ1v) is 6.23. The van der Waals surface area contributed by atoms with Crippen molar-refractivity contribution in [1.29, 1.82) is 0 Å². The summed E-state index contributed by atoms with van der Waals surface area (Å²) in [6.45, 7) is 0. The third-order valence-corrected chi connectivity index (χ3v) is 3.28. The minimum absolute atomic E-state index is 0.785. The van der Waals surface area contributed by atoms with Gasteiger partial charge in [0.05, 0.1) is 16.2 Å². The van der Waals surface area contributed by atoms with Gasteiger partial charge in [0, 0.05) is 4.47 Å². The molecule has 0 atom stereocenters. The number of thiazole rings is 1. The standard InChI is InChI=1S/C9H5Br2NOS/c10-6-1-2-8(7(11)3-6)13-9-4-12-5-14-9/h1-5H. The zero-order valence-electron chi connectivity index (χ0n) is 6.91. The smallest absolute Gasteiger partial charge is 0.200 e. The fraction of sp³-hybridized carbons (Fsp3) is 0. The third kappa shape index (κ3) is 2.34. The average molecular weight is 335 g/mol. The highest BCUT2D eigenvalue weighted by molar-refractivity contribution is 9.11. The zero-order valence-corrected chi connectivity index (χ0v) is 10.9. The summed E-state index contributed by atoms with van der Waals surface area (Å²) in [6, 6.07) is 5.77. The van der Waals surface area contributed by atoms with Crippen LogP contribution >= 0.6 is 43.2 Å². The Kier molecular flexibility index (Phi) is 3.20. The summed E-state index contributed by atoms with van der Waals surface area (Å²) < 4.78 is 7.52. The number of benzene rings is 1. The molecule has 0 N–H and O–H groups in total. The number of ether oxygens (including phenoxy) is 1. The highest BCUT2D eigenvalue weighted by atomic mass is 79.9. The Morgan fingerprint density at radius 3 is 2.79 bits per heavy atom. The Balaban J connectivity index is 2.25. The molecule has 14 heavy (non-hydrogen) atoms. The molecular weight excluding hydrogens is 330 g/mol. The van der Waals surface area contributed by atoms with Crippen LogP contribution in [0.15, 0.2) is 38.9 Å². The Labute approximate surface area is 102 Å². The maximum atomic E-state index is 5.59. The van der Waals surface area contributed by atoms with Crippen molar-refractivity contribution >= 4 is 43.2 Å². The van der Waals surface area contributed by atoms with Gasteiger partial charge in [-0.1, -0.05) is 27.3 Å². The van der Waals surface area contributed by atoms with Crippen LogP contribution in [0, 0.1) is 0 Å². The molecule has 2 aromatic rings. The summed E-state index contributed by atoms with van der Waals surface area (Å²) >= 11 is 8.27. The summed E-state index contributed by atoms with van der Waals surface area (Å²) in [5.74, 6) is 0.789. The van der Waals surface area contributed by atoms with Gasteiger partial charge in [0.25, 0.3) is 0 Å². The van der Waals surface area contributed by atoms with Crippen molar-refractivity contribution in [3.8, 4) is 10.8 Å². The van der Waals surface area contributed by atoms with Gasteiger partial charge < -0.3 is 4.74 Å². The van der Waals surface area contributed by atoms with Gasteiger partial charge in [-0.3, -0.25) is 0 Å². The Bertz CT molecular complexity index is 430. The predicted molar refractivity (Wildman–Crippen MR) is 64.0 cm³/mol. The molecular formula is C9H5Br2NOS. The number of hydrogen-bond donors (Lipinski definition) is 0. The minimum Gasteiger partial charge on any atom is -0.444 e. The van der Waals surface area contributed by atoms with Crippen molar-refractivity contribution in [2.24, 2.45) is 0 Å². The molecule has 1 aromatic heterocycles. The quantitative estimate of drug-likeness (QED) is 0.808. The molecule has 0 spiro atoms. The fourth-order valence-electron chi connectivity index (χ4n) is 0.921. The second-order valence-corrected chi connectivity index (χ2v) is 5.12. The molecule has 0 aliphatic heterocycles. The van der Waals surface area contributed by atoms with Crippen LogP contribution in [0.2, 0.25) is 0 Å². The molecule has 0 saturated heterocycles. The lowest BCUT2D eigenvalue weighted by molar-refractivity contribution is 0.492. The van der Waals surface area contributed by atoms with Crippen molar-refractivity contribution < 1.29 is 4.74 Å². The van der Waals surface area contributed by atoms with Crippen molar-refractivity contribution in [2.45, 2.75) is 0 Å². The van der Waals surface area contributed by atoms with Crippen LogP contribution in [0.4, 0.5) is 0 Å². The first kappa shape index (κ1) is 10.1. The van der Waals surface area contributed by atoms with E-state index in [-0.39, 0.29) is 0 Å². The third-order valence-electron chi connectivity index (χ3n) is 1.51. The van der Waals surface area contributed by atoms with E-state index in [9.17, 15) is 0 Å². The lowest BCUT2D eigenvalue weighted by atomic mass is 10.3. The van der Waals surface area contributed by atoms with Gasteiger partial charge in [0.15, 0.2) is 0 Å². The van der Waals surface area contributed by atoms with E-state index in [0.29, 0.717) is 0 Å². The number of hydrogen-bond acceptors (Lipinski definition) is 3. The number of halogens is 2. The second-order valence-electron chi connectivity index (χ2n) is 2.50. The zero-order chi connectivity index (χ0) is 9.97. The normalized spacial score (nSPS) is 10.1. The highest BCUT2D eigenvalue weighted by Gasteiger charge is 2.03. The van der Waals surface area contributed by atoms with Crippen LogP contribution in [0.25, 0.3) is 0 Å². The summed E-state index contributed by atoms with van der Waals surface area (Å²) in [5, 5.41) is 0.785. The van der Waals surface area contributed by atoms with E-state index in [1.165, 1.54) is 11.3 Å². The average Bonchev–Trinajstić information content (AvgIpc) is 2.62. The predicted octanol–water partition coefficient (Wildman–Crippen LogP) is 4.46. The molecule has 0 fully saturated rings. The first-order valence-electron chi connectivity index (χ1n) is 3.77.